The Morgan fingerprint density at radius 2 is 1.95 bits per heavy atom. The minimum absolute atomic E-state index is 0.00738. The second-order valence-corrected chi connectivity index (χ2v) is 4.71. The number of nitrogens with one attached hydrogen (secondary N) is 1. The van der Waals surface area contributed by atoms with Crippen molar-refractivity contribution in [1.82, 2.24) is 4.98 Å². The molecule has 19 heavy (non-hydrogen) atoms. The van der Waals surface area contributed by atoms with E-state index in [1.807, 2.05) is 0 Å². The SMILES string of the molecule is Nc1ncc(C(F)(F)F)cc1Nc1cccc(Br)c1. The molecule has 0 saturated carbocycles. The predicted octanol–water partition coefficient (Wildman–Crippen LogP) is 4.19. The minimum atomic E-state index is -4.45. The Labute approximate surface area is 115 Å². The highest BCUT2D eigenvalue weighted by atomic mass is 79.9. The molecule has 7 heteroatoms. The van der Waals surface area contributed by atoms with Gasteiger partial charge >= 0.3 is 6.18 Å². The Kier molecular flexibility index (Phi) is 3.66. The topological polar surface area (TPSA) is 50.9 Å². The molecule has 100 valence electrons. The van der Waals surface area contributed by atoms with E-state index in [-0.39, 0.29) is 11.5 Å². The molecule has 2 rings (SSSR count). The zero-order chi connectivity index (χ0) is 14.0. The monoisotopic (exact) mass is 331 g/mol. The number of rotatable bonds is 2. The van der Waals surface area contributed by atoms with Crippen molar-refractivity contribution >= 4 is 33.1 Å². The smallest absolute Gasteiger partial charge is 0.382 e. The van der Waals surface area contributed by atoms with Gasteiger partial charge in [-0.05, 0) is 24.3 Å². The molecule has 3 nitrogen and oxygen atoms in total. The molecule has 0 aliphatic heterocycles. The van der Waals surface area contributed by atoms with Crippen molar-refractivity contribution in [3.8, 4) is 0 Å². The molecule has 0 aliphatic rings. The van der Waals surface area contributed by atoms with Crippen LogP contribution in [0.3, 0.4) is 0 Å². The van der Waals surface area contributed by atoms with Crippen LogP contribution in [-0.2, 0) is 6.18 Å². The van der Waals surface area contributed by atoms with Crippen LogP contribution in [0, 0.1) is 0 Å². The summed E-state index contributed by atoms with van der Waals surface area (Å²) in [5.41, 5.74) is 5.45. The Balaban J connectivity index is 2.34. The minimum Gasteiger partial charge on any atom is -0.382 e. The largest absolute Gasteiger partial charge is 0.417 e. The maximum atomic E-state index is 12.6. The molecule has 0 amide bonds. The van der Waals surface area contributed by atoms with Crippen molar-refractivity contribution in [2.75, 3.05) is 11.1 Å². The van der Waals surface area contributed by atoms with E-state index >= 15 is 0 Å². The van der Waals surface area contributed by atoms with Gasteiger partial charge in [0.05, 0.1) is 11.3 Å². The first-order valence-electron chi connectivity index (χ1n) is 5.21. The van der Waals surface area contributed by atoms with Crippen molar-refractivity contribution < 1.29 is 13.2 Å². The molecule has 0 atom stereocenters. The number of nitrogen functional groups attached to an aromatic ring is 1. The van der Waals surface area contributed by atoms with Crippen molar-refractivity contribution in [3.05, 3.63) is 46.6 Å². The zero-order valence-corrected chi connectivity index (χ0v) is 11.1. The Morgan fingerprint density at radius 3 is 2.58 bits per heavy atom. The Bertz CT molecular complexity index is 599. The van der Waals surface area contributed by atoms with Gasteiger partial charge in [0, 0.05) is 16.4 Å². The van der Waals surface area contributed by atoms with Crippen LogP contribution in [-0.4, -0.2) is 4.98 Å². The maximum absolute atomic E-state index is 12.6. The lowest BCUT2D eigenvalue weighted by atomic mass is 10.2. The van der Waals surface area contributed by atoms with Crippen LogP contribution in [0.5, 0.6) is 0 Å². The van der Waals surface area contributed by atoms with Gasteiger partial charge in [-0.2, -0.15) is 13.2 Å². The van der Waals surface area contributed by atoms with E-state index in [0.717, 1.165) is 10.5 Å². The number of hydrogen-bond acceptors (Lipinski definition) is 3. The molecule has 0 unspecified atom stereocenters. The number of halogens is 4. The van der Waals surface area contributed by atoms with Crippen molar-refractivity contribution in [3.63, 3.8) is 0 Å². The summed E-state index contributed by atoms with van der Waals surface area (Å²) in [6.45, 7) is 0. The molecule has 0 fully saturated rings. The molecular weight excluding hydrogens is 323 g/mol. The summed E-state index contributed by atoms with van der Waals surface area (Å²) in [6, 6.07) is 7.93. The quantitative estimate of drug-likeness (QED) is 0.867. The van der Waals surface area contributed by atoms with Gasteiger partial charge in [-0.15, -0.1) is 0 Å². The standard InChI is InChI=1S/C12H9BrF3N3/c13-8-2-1-3-9(5-8)19-10-4-7(12(14,15)16)6-18-11(10)17/h1-6,19H,(H2,17,18). The molecule has 0 spiro atoms. The summed E-state index contributed by atoms with van der Waals surface area (Å²) in [6.07, 6.45) is -3.74. The van der Waals surface area contributed by atoms with Gasteiger partial charge in [-0.3, -0.25) is 0 Å². The van der Waals surface area contributed by atoms with Gasteiger partial charge < -0.3 is 11.1 Å². The lowest BCUT2D eigenvalue weighted by Crippen LogP contribution is -2.08. The fraction of sp³-hybridized carbons (Fsp3) is 0.0833. The summed E-state index contributed by atoms with van der Waals surface area (Å²) in [5, 5.41) is 2.81. The van der Waals surface area contributed by atoms with Gasteiger partial charge in [0.15, 0.2) is 0 Å². The lowest BCUT2D eigenvalue weighted by molar-refractivity contribution is -0.137. The van der Waals surface area contributed by atoms with Crippen LogP contribution in [0.1, 0.15) is 5.56 Å². The molecule has 1 aromatic carbocycles. The summed E-state index contributed by atoms with van der Waals surface area (Å²) in [4.78, 5) is 3.55. The normalized spacial score (nSPS) is 11.4. The second kappa shape index (κ2) is 5.08. The summed E-state index contributed by atoms with van der Waals surface area (Å²) in [5.74, 6) is 0.00738. The molecule has 3 N–H and O–H groups in total. The number of nitrogens with two attached hydrogens (primary N) is 1. The Hall–Kier alpha value is -1.76. The van der Waals surface area contributed by atoms with E-state index in [4.69, 9.17) is 5.73 Å². The number of hydrogen-bond donors (Lipinski definition) is 2. The second-order valence-electron chi connectivity index (χ2n) is 3.79. The number of aromatic nitrogens is 1. The maximum Gasteiger partial charge on any atom is 0.417 e. The van der Waals surface area contributed by atoms with Gasteiger partial charge in [-0.1, -0.05) is 22.0 Å². The third-order valence-corrected chi connectivity index (χ3v) is 2.84. The lowest BCUT2D eigenvalue weighted by Gasteiger charge is -2.12. The van der Waals surface area contributed by atoms with Gasteiger partial charge in [-0.25, -0.2) is 4.98 Å². The highest BCUT2D eigenvalue weighted by Crippen LogP contribution is 2.33. The molecule has 1 aromatic heterocycles. The highest BCUT2D eigenvalue weighted by molar-refractivity contribution is 9.10. The van der Waals surface area contributed by atoms with Crippen molar-refractivity contribution in [2.24, 2.45) is 0 Å². The molecule has 0 bridgehead atoms. The molecule has 0 aliphatic carbocycles. The number of anilines is 3. The van der Waals surface area contributed by atoms with Crippen LogP contribution >= 0.6 is 15.9 Å². The van der Waals surface area contributed by atoms with E-state index in [2.05, 4.69) is 26.2 Å². The first-order valence-corrected chi connectivity index (χ1v) is 6.01. The van der Waals surface area contributed by atoms with E-state index in [0.29, 0.717) is 11.9 Å². The van der Waals surface area contributed by atoms with Gasteiger partial charge in [0.1, 0.15) is 5.82 Å². The first-order chi connectivity index (χ1) is 8.86. The molecule has 0 radical (unpaired) electrons. The third-order valence-electron chi connectivity index (χ3n) is 2.35. The van der Waals surface area contributed by atoms with Crippen LogP contribution < -0.4 is 11.1 Å². The van der Waals surface area contributed by atoms with E-state index in [1.165, 1.54) is 0 Å². The number of alkyl halides is 3. The number of nitrogens with zero attached hydrogens (tertiary/aromatic N) is 1. The molecule has 2 aromatic rings. The van der Waals surface area contributed by atoms with E-state index < -0.39 is 11.7 Å². The molecular formula is C12H9BrF3N3. The average molecular weight is 332 g/mol. The van der Waals surface area contributed by atoms with Crippen molar-refractivity contribution in [1.29, 1.82) is 0 Å². The third kappa shape index (κ3) is 3.37. The van der Waals surface area contributed by atoms with Crippen LogP contribution in [0.15, 0.2) is 41.0 Å². The predicted molar refractivity (Wildman–Crippen MR) is 71.1 cm³/mol. The summed E-state index contributed by atoms with van der Waals surface area (Å²) >= 11 is 3.27. The van der Waals surface area contributed by atoms with Gasteiger partial charge in [0.2, 0.25) is 0 Å². The average Bonchev–Trinajstić information content (AvgIpc) is 2.30. The van der Waals surface area contributed by atoms with Crippen LogP contribution in [0.25, 0.3) is 0 Å². The fourth-order valence-electron chi connectivity index (χ4n) is 1.45. The van der Waals surface area contributed by atoms with Crippen LogP contribution in [0.4, 0.5) is 30.4 Å². The first kappa shape index (κ1) is 13.7. The Morgan fingerprint density at radius 1 is 1.21 bits per heavy atom. The zero-order valence-electron chi connectivity index (χ0n) is 9.50. The van der Waals surface area contributed by atoms with Gasteiger partial charge in [0.25, 0.3) is 0 Å². The highest BCUT2D eigenvalue weighted by Gasteiger charge is 2.31. The molecule has 0 saturated heterocycles. The summed E-state index contributed by atoms with van der Waals surface area (Å²) in [7, 11) is 0. The van der Waals surface area contributed by atoms with E-state index in [9.17, 15) is 13.2 Å². The number of pyridine rings is 1. The summed E-state index contributed by atoms with van der Waals surface area (Å²) < 4.78 is 38.6. The fourth-order valence-corrected chi connectivity index (χ4v) is 1.85. The molecule has 1 heterocycles. The van der Waals surface area contributed by atoms with Crippen LogP contribution in [0.2, 0.25) is 0 Å². The number of benzene rings is 1. The van der Waals surface area contributed by atoms with Crippen molar-refractivity contribution in [2.45, 2.75) is 6.18 Å². The van der Waals surface area contributed by atoms with E-state index in [1.54, 1.807) is 24.3 Å².